The van der Waals surface area contributed by atoms with E-state index in [2.05, 4.69) is 40.0 Å². The van der Waals surface area contributed by atoms with Gasteiger partial charge >= 0.3 is 0 Å². The molecule has 0 fully saturated rings. The molecule has 1 N–H and O–H groups in total. The lowest BCUT2D eigenvalue weighted by atomic mass is 10.3. The second-order valence-electron chi connectivity index (χ2n) is 3.75. The summed E-state index contributed by atoms with van der Waals surface area (Å²) in [7, 11) is 0. The van der Waals surface area contributed by atoms with Gasteiger partial charge in [-0.15, -0.1) is 6.58 Å². The highest BCUT2D eigenvalue weighted by molar-refractivity contribution is 7.03. The van der Waals surface area contributed by atoms with Crippen molar-refractivity contribution < 1.29 is 13.6 Å². The van der Waals surface area contributed by atoms with Crippen molar-refractivity contribution >= 4 is 11.5 Å². The average molecular weight is 348 g/mol. The number of H-pyrrole nitrogens is 1. The molecule has 0 unspecified atom stereocenters. The lowest BCUT2D eigenvalue weighted by Gasteiger charge is -1.77. The van der Waals surface area contributed by atoms with Crippen LogP contribution in [0.25, 0.3) is 0 Å². The maximum Gasteiger partial charge on any atom is 0.283 e. The number of nitrogens with zero attached hydrogens (tertiary/aromatic N) is 3. The van der Waals surface area contributed by atoms with Crippen LogP contribution in [0, 0.1) is 0 Å². The zero-order chi connectivity index (χ0) is 17.3. The quantitative estimate of drug-likeness (QED) is 0.554. The lowest BCUT2D eigenvalue weighted by molar-refractivity contribution is 0.413. The van der Waals surface area contributed by atoms with Gasteiger partial charge in [0.15, 0.2) is 0 Å². The summed E-state index contributed by atoms with van der Waals surface area (Å²) in [4.78, 5) is 10.6. The first-order valence-corrected chi connectivity index (χ1v) is 7.47. The Hall–Kier alpha value is -3.20. The summed E-state index contributed by atoms with van der Waals surface area (Å²) >= 11 is 1.46. The number of aromatic amines is 1. The fourth-order valence-corrected chi connectivity index (χ4v) is 1.45. The summed E-state index contributed by atoms with van der Waals surface area (Å²) in [6.07, 6.45) is 11.6. The Kier molecular flexibility index (Phi) is 10.6. The third-order valence-electron chi connectivity index (χ3n) is 2.05. The molecule has 0 aliphatic carbocycles. The zero-order valence-electron chi connectivity index (χ0n) is 12.6. The highest BCUT2D eigenvalue weighted by Crippen LogP contribution is 1.89. The Bertz CT molecular complexity index is 632. The van der Waals surface area contributed by atoms with Gasteiger partial charge in [0.25, 0.3) is 5.56 Å². The number of aromatic nitrogens is 4. The number of nitrogens with one attached hydrogen (secondary N) is 1. The van der Waals surface area contributed by atoms with Crippen LogP contribution in [-0.4, -0.2) is 19.8 Å². The van der Waals surface area contributed by atoms with E-state index in [1.165, 1.54) is 30.3 Å². The molecule has 0 aliphatic rings. The van der Waals surface area contributed by atoms with E-state index in [1.54, 1.807) is 36.8 Å². The van der Waals surface area contributed by atoms with Gasteiger partial charge < -0.3 is 13.6 Å². The number of rotatable bonds is 2. The van der Waals surface area contributed by atoms with E-state index in [9.17, 15) is 4.79 Å². The normalized spacial score (nSPS) is 8.50. The van der Waals surface area contributed by atoms with Gasteiger partial charge in [0.2, 0.25) is 0 Å². The highest BCUT2D eigenvalue weighted by Gasteiger charge is 1.96. The standard InChI is InChI=1S/C6H7NO2.2C3H3NO.C3H3NS/c1-2-3-5-4-9-7-6(5)8;3*1-2-4-5-3-1/h2,4H,1,3H2,(H,7,8);3*1-3H. The average Bonchev–Trinajstić information content (AvgIpc) is 3.39. The molecule has 0 radical (unpaired) electrons. The molecule has 24 heavy (non-hydrogen) atoms. The van der Waals surface area contributed by atoms with Crippen molar-refractivity contribution in [2.75, 3.05) is 0 Å². The molecular formula is C15H16N4O4S. The van der Waals surface area contributed by atoms with E-state index in [4.69, 9.17) is 0 Å². The van der Waals surface area contributed by atoms with Gasteiger partial charge in [0.05, 0.1) is 18.0 Å². The van der Waals surface area contributed by atoms with Gasteiger partial charge in [-0.25, -0.2) is 4.37 Å². The minimum Gasteiger partial charge on any atom is -0.387 e. The van der Waals surface area contributed by atoms with Gasteiger partial charge in [0, 0.05) is 11.6 Å². The van der Waals surface area contributed by atoms with E-state index in [0.29, 0.717) is 12.0 Å². The largest absolute Gasteiger partial charge is 0.387 e. The topological polar surface area (TPSA) is 111 Å². The van der Waals surface area contributed by atoms with Crippen LogP contribution in [0.1, 0.15) is 5.56 Å². The van der Waals surface area contributed by atoms with E-state index in [0.717, 1.165) is 0 Å². The van der Waals surface area contributed by atoms with Crippen molar-refractivity contribution in [3.8, 4) is 0 Å². The van der Waals surface area contributed by atoms with Crippen molar-refractivity contribution in [3.63, 3.8) is 0 Å². The van der Waals surface area contributed by atoms with E-state index < -0.39 is 0 Å². The number of hydrogen-bond acceptors (Lipinski definition) is 8. The highest BCUT2D eigenvalue weighted by atomic mass is 32.1. The Morgan fingerprint density at radius 2 is 1.83 bits per heavy atom. The van der Waals surface area contributed by atoms with Crippen LogP contribution in [0.15, 0.2) is 92.0 Å². The SMILES string of the molecule is C=CCc1co[nH]c1=O.c1cnoc1.c1cnoc1.c1cnsc1. The molecule has 0 bridgehead atoms. The van der Waals surface area contributed by atoms with Crippen molar-refractivity contribution in [2.24, 2.45) is 0 Å². The molecular weight excluding hydrogens is 332 g/mol. The molecule has 0 spiro atoms. The molecule has 0 aliphatic heterocycles. The van der Waals surface area contributed by atoms with E-state index in [-0.39, 0.29) is 5.56 Å². The number of allylic oxidation sites excluding steroid dienone is 1. The van der Waals surface area contributed by atoms with Crippen LogP contribution in [0.4, 0.5) is 0 Å². The van der Waals surface area contributed by atoms with Crippen molar-refractivity contribution in [1.82, 2.24) is 19.8 Å². The number of hydrogen-bond donors (Lipinski definition) is 1. The van der Waals surface area contributed by atoms with E-state index >= 15 is 0 Å². The lowest BCUT2D eigenvalue weighted by Crippen LogP contribution is -2.03. The summed E-state index contributed by atoms with van der Waals surface area (Å²) < 4.78 is 16.9. The summed E-state index contributed by atoms with van der Waals surface area (Å²) in [5.74, 6) is 0. The fraction of sp³-hybridized carbons (Fsp3) is 0.0667. The fourth-order valence-electron chi connectivity index (χ4n) is 1.10. The van der Waals surface area contributed by atoms with Gasteiger partial charge in [-0.3, -0.25) is 4.79 Å². The van der Waals surface area contributed by atoms with E-state index in [1.807, 2.05) is 11.4 Å². The monoisotopic (exact) mass is 348 g/mol. The van der Waals surface area contributed by atoms with Crippen molar-refractivity contribution in [1.29, 1.82) is 0 Å². The summed E-state index contributed by atoms with van der Waals surface area (Å²) in [6.45, 7) is 3.48. The first-order chi connectivity index (χ1) is 11.8. The predicted molar refractivity (Wildman–Crippen MR) is 88.3 cm³/mol. The van der Waals surface area contributed by atoms with Crippen molar-refractivity contribution in [3.05, 3.63) is 89.5 Å². The maximum atomic E-state index is 10.6. The first-order valence-electron chi connectivity index (χ1n) is 6.63. The molecule has 0 saturated carbocycles. The molecule has 4 aromatic rings. The molecule has 8 nitrogen and oxygen atoms in total. The molecule has 0 aromatic carbocycles. The third-order valence-corrected chi connectivity index (χ3v) is 2.57. The summed E-state index contributed by atoms with van der Waals surface area (Å²) in [5.41, 5.74) is 0.444. The molecule has 9 heteroatoms. The molecule has 0 amide bonds. The van der Waals surface area contributed by atoms with Crippen LogP contribution in [-0.2, 0) is 6.42 Å². The van der Waals surface area contributed by atoms with Crippen LogP contribution in [0.2, 0.25) is 0 Å². The molecule has 0 atom stereocenters. The minimum absolute atomic E-state index is 0.171. The Morgan fingerprint density at radius 1 is 1.12 bits per heavy atom. The molecule has 4 aromatic heterocycles. The smallest absolute Gasteiger partial charge is 0.283 e. The summed E-state index contributed by atoms with van der Waals surface area (Å²) in [5, 5.41) is 10.8. The Balaban J connectivity index is 0.000000167. The Morgan fingerprint density at radius 3 is 2.08 bits per heavy atom. The molecule has 0 saturated heterocycles. The maximum absolute atomic E-state index is 10.6. The second kappa shape index (κ2) is 13.5. The van der Waals surface area contributed by atoms with Crippen LogP contribution >= 0.6 is 11.5 Å². The zero-order valence-corrected chi connectivity index (χ0v) is 13.5. The molecule has 4 heterocycles. The van der Waals surface area contributed by atoms with Crippen LogP contribution < -0.4 is 5.56 Å². The Labute approximate surface area is 141 Å². The van der Waals surface area contributed by atoms with Gasteiger partial charge in [-0.1, -0.05) is 16.4 Å². The third kappa shape index (κ3) is 9.68. The molecule has 126 valence electrons. The molecule has 4 rings (SSSR count). The van der Waals surface area contributed by atoms with Gasteiger partial charge in [0.1, 0.15) is 18.8 Å². The van der Waals surface area contributed by atoms with Crippen LogP contribution in [0.5, 0.6) is 0 Å². The van der Waals surface area contributed by atoms with Gasteiger partial charge in [-0.05, 0) is 36.2 Å². The predicted octanol–water partition coefficient (Wildman–Crippen LogP) is 3.19. The van der Waals surface area contributed by atoms with Crippen molar-refractivity contribution in [2.45, 2.75) is 6.42 Å². The van der Waals surface area contributed by atoms with Gasteiger partial charge in [-0.2, -0.15) is 5.16 Å². The first kappa shape index (κ1) is 18.8. The second-order valence-corrected chi connectivity index (χ2v) is 4.44. The summed E-state index contributed by atoms with van der Waals surface area (Å²) in [6, 6.07) is 5.35. The van der Waals surface area contributed by atoms with Crippen LogP contribution in [0.3, 0.4) is 0 Å². The minimum atomic E-state index is -0.171.